The Morgan fingerprint density at radius 3 is 2.60 bits per heavy atom. The molecule has 0 amide bonds. The van der Waals surface area contributed by atoms with Crippen LogP contribution in [0.5, 0.6) is 0 Å². The molecule has 0 spiro atoms. The lowest BCUT2D eigenvalue weighted by Gasteiger charge is -2.18. The lowest BCUT2D eigenvalue weighted by Crippen LogP contribution is -2.22. The molecule has 1 aromatic heterocycles. The standard InChI is InChI=1S/C10H17N3O2/c1-6-7(2-3-9(12)13-6)10(15)8(14)4-5-11/h2-3,8,10,14-15H,4-5,11H2,1H3,(H2,12,13). The normalized spacial score (nSPS) is 14.9. The minimum Gasteiger partial charge on any atom is -0.390 e. The number of aryl methyl sites for hydroxylation is 1. The molecule has 0 radical (unpaired) electrons. The van der Waals surface area contributed by atoms with Crippen LogP contribution in [-0.4, -0.2) is 27.8 Å². The van der Waals surface area contributed by atoms with Gasteiger partial charge in [-0.25, -0.2) is 4.98 Å². The molecule has 0 aliphatic rings. The summed E-state index contributed by atoms with van der Waals surface area (Å²) in [6, 6.07) is 3.27. The van der Waals surface area contributed by atoms with Crippen LogP contribution in [0.15, 0.2) is 12.1 Å². The highest BCUT2D eigenvalue weighted by atomic mass is 16.3. The van der Waals surface area contributed by atoms with E-state index in [4.69, 9.17) is 11.5 Å². The van der Waals surface area contributed by atoms with E-state index in [0.29, 0.717) is 30.0 Å². The Hall–Kier alpha value is -1.17. The summed E-state index contributed by atoms with van der Waals surface area (Å²) in [5, 5.41) is 19.4. The number of hydrogen-bond donors (Lipinski definition) is 4. The third kappa shape index (κ3) is 2.89. The van der Waals surface area contributed by atoms with Gasteiger partial charge in [0.25, 0.3) is 0 Å². The molecule has 0 fully saturated rings. The highest BCUT2D eigenvalue weighted by Crippen LogP contribution is 2.21. The maximum absolute atomic E-state index is 9.81. The lowest BCUT2D eigenvalue weighted by atomic mass is 10.0. The zero-order valence-corrected chi connectivity index (χ0v) is 8.72. The fraction of sp³-hybridized carbons (Fsp3) is 0.500. The van der Waals surface area contributed by atoms with E-state index in [-0.39, 0.29) is 0 Å². The van der Waals surface area contributed by atoms with E-state index >= 15 is 0 Å². The van der Waals surface area contributed by atoms with Gasteiger partial charge in [0, 0.05) is 11.3 Å². The highest BCUT2D eigenvalue weighted by Gasteiger charge is 2.19. The number of hydrogen-bond acceptors (Lipinski definition) is 5. The SMILES string of the molecule is Cc1nc(N)ccc1C(O)C(O)CCN. The van der Waals surface area contributed by atoms with Gasteiger partial charge in [-0.2, -0.15) is 0 Å². The van der Waals surface area contributed by atoms with Crippen LogP contribution in [0.2, 0.25) is 0 Å². The fourth-order valence-corrected chi connectivity index (χ4v) is 1.44. The van der Waals surface area contributed by atoms with Gasteiger partial charge in [-0.05, 0) is 26.0 Å². The highest BCUT2D eigenvalue weighted by molar-refractivity contribution is 5.35. The second kappa shape index (κ2) is 5.06. The number of anilines is 1. The van der Waals surface area contributed by atoms with Crippen molar-refractivity contribution in [1.82, 2.24) is 4.98 Å². The Morgan fingerprint density at radius 2 is 2.07 bits per heavy atom. The predicted octanol–water partition coefficient (Wildman–Crippen LogP) is -0.285. The van der Waals surface area contributed by atoms with E-state index in [1.54, 1.807) is 19.1 Å². The predicted molar refractivity (Wildman–Crippen MR) is 58.0 cm³/mol. The van der Waals surface area contributed by atoms with Crippen molar-refractivity contribution in [2.75, 3.05) is 12.3 Å². The molecule has 2 unspecified atom stereocenters. The molecule has 1 aromatic rings. The third-order valence-corrected chi connectivity index (χ3v) is 2.29. The molecule has 0 saturated carbocycles. The van der Waals surface area contributed by atoms with Crippen molar-refractivity contribution in [2.24, 2.45) is 5.73 Å². The number of pyridine rings is 1. The van der Waals surface area contributed by atoms with Crippen LogP contribution in [0, 0.1) is 6.92 Å². The molecule has 0 aromatic carbocycles. The molecule has 1 heterocycles. The Balaban J connectivity index is 2.86. The zero-order chi connectivity index (χ0) is 11.4. The molecule has 5 heteroatoms. The summed E-state index contributed by atoms with van der Waals surface area (Å²) in [5.41, 5.74) is 12.0. The van der Waals surface area contributed by atoms with Crippen LogP contribution in [0.25, 0.3) is 0 Å². The van der Waals surface area contributed by atoms with Gasteiger partial charge < -0.3 is 21.7 Å². The Bertz CT molecular complexity index is 330. The summed E-state index contributed by atoms with van der Waals surface area (Å²) in [6.45, 7) is 2.07. The van der Waals surface area contributed by atoms with E-state index in [0.717, 1.165) is 0 Å². The number of nitrogens with two attached hydrogens (primary N) is 2. The Kier molecular flexibility index (Phi) is 4.02. The van der Waals surface area contributed by atoms with Crippen molar-refractivity contribution >= 4 is 5.82 Å². The summed E-state index contributed by atoms with van der Waals surface area (Å²) in [6.07, 6.45) is -1.47. The van der Waals surface area contributed by atoms with Gasteiger partial charge in [-0.3, -0.25) is 0 Å². The molecule has 15 heavy (non-hydrogen) atoms. The van der Waals surface area contributed by atoms with Crippen molar-refractivity contribution in [2.45, 2.75) is 25.6 Å². The second-order valence-corrected chi connectivity index (χ2v) is 3.50. The van der Waals surface area contributed by atoms with Crippen LogP contribution in [0.4, 0.5) is 5.82 Å². The van der Waals surface area contributed by atoms with E-state index in [1.807, 2.05) is 0 Å². The molecule has 6 N–H and O–H groups in total. The summed E-state index contributed by atoms with van der Waals surface area (Å²) < 4.78 is 0. The number of aromatic nitrogens is 1. The average Bonchev–Trinajstić information content (AvgIpc) is 2.17. The quantitative estimate of drug-likeness (QED) is 0.548. The summed E-state index contributed by atoms with van der Waals surface area (Å²) in [4.78, 5) is 4.01. The van der Waals surface area contributed by atoms with Crippen LogP contribution in [0.1, 0.15) is 23.8 Å². The molecular weight excluding hydrogens is 194 g/mol. The monoisotopic (exact) mass is 211 g/mol. The number of aliphatic hydroxyl groups is 2. The smallest absolute Gasteiger partial charge is 0.123 e. The number of aliphatic hydroxyl groups excluding tert-OH is 2. The van der Waals surface area contributed by atoms with Crippen LogP contribution in [-0.2, 0) is 0 Å². The van der Waals surface area contributed by atoms with Gasteiger partial charge in [-0.1, -0.05) is 6.07 Å². The van der Waals surface area contributed by atoms with Crippen molar-refractivity contribution in [3.05, 3.63) is 23.4 Å². The molecular formula is C10H17N3O2. The average molecular weight is 211 g/mol. The van der Waals surface area contributed by atoms with Crippen molar-refractivity contribution in [3.63, 3.8) is 0 Å². The first-order valence-electron chi connectivity index (χ1n) is 4.85. The van der Waals surface area contributed by atoms with Gasteiger partial charge >= 0.3 is 0 Å². The van der Waals surface area contributed by atoms with Gasteiger partial charge in [0.2, 0.25) is 0 Å². The van der Waals surface area contributed by atoms with Crippen LogP contribution in [0.3, 0.4) is 0 Å². The van der Waals surface area contributed by atoms with Gasteiger partial charge in [0.05, 0.1) is 6.10 Å². The van der Waals surface area contributed by atoms with E-state index in [9.17, 15) is 10.2 Å². The van der Waals surface area contributed by atoms with E-state index in [2.05, 4.69) is 4.98 Å². The number of nitrogens with zero attached hydrogens (tertiary/aromatic N) is 1. The third-order valence-electron chi connectivity index (χ3n) is 2.29. The molecule has 0 aliphatic carbocycles. The van der Waals surface area contributed by atoms with Crippen LogP contribution < -0.4 is 11.5 Å². The fourth-order valence-electron chi connectivity index (χ4n) is 1.44. The largest absolute Gasteiger partial charge is 0.390 e. The summed E-state index contributed by atoms with van der Waals surface area (Å²) in [7, 11) is 0. The second-order valence-electron chi connectivity index (χ2n) is 3.50. The number of rotatable bonds is 4. The minimum absolute atomic E-state index is 0.333. The van der Waals surface area contributed by atoms with Crippen molar-refractivity contribution in [3.8, 4) is 0 Å². The van der Waals surface area contributed by atoms with Crippen molar-refractivity contribution in [1.29, 1.82) is 0 Å². The molecule has 0 aliphatic heterocycles. The Labute approximate surface area is 88.7 Å². The molecule has 0 bridgehead atoms. The maximum atomic E-state index is 9.81. The first-order chi connectivity index (χ1) is 7.06. The van der Waals surface area contributed by atoms with Crippen molar-refractivity contribution < 1.29 is 10.2 Å². The van der Waals surface area contributed by atoms with Gasteiger partial charge in [-0.15, -0.1) is 0 Å². The van der Waals surface area contributed by atoms with Crippen LogP contribution >= 0.6 is 0 Å². The topological polar surface area (TPSA) is 105 Å². The molecule has 5 nitrogen and oxygen atoms in total. The van der Waals surface area contributed by atoms with E-state index in [1.165, 1.54) is 0 Å². The van der Waals surface area contributed by atoms with Gasteiger partial charge in [0.1, 0.15) is 11.9 Å². The summed E-state index contributed by atoms with van der Waals surface area (Å²) in [5.74, 6) is 0.400. The van der Waals surface area contributed by atoms with Gasteiger partial charge in [0.15, 0.2) is 0 Å². The Morgan fingerprint density at radius 1 is 1.40 bits per heavy atom. The summed E-state index contributed by atoms with van der Waals surface area (Å²) >= 11 is 0. The lowest BCUT2D eigenvalue weighted by molar-refractivity contribution is 0.0144. The molecule has 1 rings (SSSR count). The maximum Gasteiger partial charge on any atom is 0.123 e. The first kappa shape index (κ1) is 11.9. The zero-order valence-electron chi connectivity index (χ0n) is 8.72. The molecule has 2 atom stereocenters. The number of nitrogen functional groups attached to an aromatic ring is 1. The molecule has 0 saturated heterocycles. The minimum atomic E-state index is -0.957. The first-order valence-corrected chi connectivity index (χ1v) is 4.85. The molecule has 84 valence electrons. The van der Waals surface area contributed by atoms with E-state index < -0.39 is 12.2 Å².